The molecule has 2 saturated heterocycles. The van der Waals surface area contributed by atoms with Gasteiger partial charge in [0.2, 0.25) is 0 Å². The number of aliphatic hydroxyl groups is 1. The predicted molar refractivity (Wildman–Crippen MR) is 113 cm³/mol. The van der Waals surface area contributed by atoms with Crippen molar-refractivity contribution in [1.82, 2.24) is 4.90 Å². The molecule has 30 heavy (non-hydrogen) atoms. The molecule has 1 aliphatic carbocycles. The van der Waals surface area contributed by atoms with Gasteiger partial charge >= 0.3 is 0 Å². The van der Waals surface area contributed by atoms with E-state index in [0.717, 1.165) is 57.1 Å². The van der Waals surface area contributed by atoms with Crippen molar-refractivity contribution >= 4 is 0 Å². The Balaban J connectivity index is 1.32. The zero-order valence-corrected chi connectivity index (χ0v) is 18.6. The third-order valence-electron chi connectivity index (χ3n) is 7.14. The van der Waals surface area contributed by atoms with Crippen molar-refractivity contribution in [3.63, 3.8) is 0 Å². The van der Waals surface area contributed by atoms with E-state index >= 15 is 0 Å². The maximum Gasteiger partial charge on any atom is 0.161 e. The van der Waals surface area contributed by atoms with Gasteiger partial charge in [0.25, 0.3) is 0 Å². The second-order valence-electron chi connectivity index (χ2n) is 10.7. The van der Waals surface area contributed by atoms with Gasteiger partial charge in [0.15, 0.2) is 11.5 Å². The molecule has 6 heteroatoms. The number of fused-ring (bicyclic) bond motifs is 3. The molecule has 0 bridgehead atoms. The van der Waals surface area contributed by atoms with Gasteiger partial charge in [-0.05, 0) is 69.7 Å². The fraction of sp³-hybridized carbons (Fsp3) is 0.750. The second kappa shape index (κ2) is 7.37. The Labute approximate surface area is 179 Å². The first-order valence-electron chi connectivity index (χ1n) is 11.3. The Morgan fingerprint density at radius 2 is 1.93 bits per heavy atom. The molecule has 3 fully saturated rings. The van der Waals surface area contributed by atoms with E-state index in [4.69, 9.17) is 18.9 Å². The molecule has 1 saturated carbocycles. The zero-order valence-electron chi connectivity index (χ0n) is 18.6. The number of nitrogens with zero attached hydrogens (tertiary/aromatic N) is 1. The van der Waals surface area contributed by atoms with Crippen molar-refractivity contribution in [2.75, 3.05) is 33.4 Å². The highest BCUT2D eigenvalue weighted by Crippen LogP contribution is 2.50. The minimum absolute atomic E-state index is 0.145. The van der Waals surface area contributed by atoms with Crippen LogP contribution in [0.2, 0.25) is 0 Å². The highest BCUT2D eigenvalue weighted by molar-refractivity contribution is 5.50. The number of rotatable bonds is 4. The van der Waals surface area contributed by atoms with Gasteiger partial charge in [-0.3, -0.25) is 4.90 Å². The number of aliphatic hydroxyl groups excluding tert-OH is 1. The minimum Gasteiger partial charge on any atom is -0.493 e. The van der Waals surface area contributed by atoms with E-state index in [-0.39, 0.29) is 23.9 Å². The van der Waals surface area contributed by atoms with Crippen LogP contribution in [0.4, 0.5) is 0 Å². The predicted octanol–water partition coefficient (Wildman–Crippen LogP) is 3.10. The minimum atomic E-state index is -0.464. The zero-order chi connectivity index (χ0) is 21.1. The Morgan fingerprint density at radius 3 is 2.57 bits per heavy atom. The number of hydrogen-bond donors (Lipinski definition) is 1. The summed E-state index contributed by atoms with van der Waals surface area (Å²) in [5, 5.41) is 10.8. The van der Waals surface area contributed by atoms with Crippen molar-refractivity contribution < 1.29 is 24.1 Å². The van der Waals surface area contributed by atoms with Crippen LogP contribution in [0.25, 0.3) is 0 Å². The van der Waals surface area contributed by atoms with Gasteiger partial charge in [-0.1, -0.05) is 0 Å². The first kappa shape index (κ1) is 20.6. The summed E-state index contributed by atoms with van der Waals surface area (Å²) in [5.74, 6) is 1.65. The Kier molecular flexibility index (Phi) is 5.05. The molecule has 166 valence electrons. The maximum absolute atomic E-state index is 10.8. The van der Waals surface area contributed by atoms with Crippen molar-refractivity contribution in [3.8, 4) is 11.5 Å². The number of methoxy groups -OCH3 is 1. The van der Waals surface area contributed by atoms with Crippen molar-refractivity contribution in [2.45, 2.75) is 76.4 Å². The van der Waals surface area contributed by atoms with Crippen LogP contribution >= 0.6 is 0 Å². The molecule has 0 radical (unpaired) electrons. The monoisotopic (exact) mass is 417 g/mol. The van der Waals surface area contributed by atoms with Gasteiger partial charge < -0.3 is 24.1 Å². The molecule has 1 aromatic rings. The van der Waals surface area contributed by atoms with Crippen molar-refractivity contribution in [2.24, 2.45) is 5.41 Å². The number of benzene rings is 1. The summed E-state index contributed by atoms with van der Waals surface area (Å²) < 4.78 is 23.6. The molecule has 1 aromatic carbocycles. The second-order valence-corrected chi connectivity index (χ2v) is 10.7. The Bertz CT molecular complexity index is 792. The third-order valence-corrected chi connectivity index (χ3v) is 7.14. The lowest BCUT2D eigenvalue weighted by atomic mass is 9.65. The van der Waals surface area contributed by atoms with Crippen LogP contribution in [-0.4, -0.2) is 67.3 Å². The molecule has 1 N–H and O–H groups in total. The first-order valence-corrected chi connectivity index (χ1v) is 11.3. The molecular weight excluding hydrogens is 382 g/mol. The van der Waals surface area contributed by atoms with Crippen LogP contribution in [-0.2, 0) is 15.9 Å². The average molecular weight is 418 g/mol. The van der Waals surface area contributed by atoms with E-state index < -0.39 is 6.10 Å². The highest BCUT2D eigenvalue weighted by atomic mass is 16.5. The van der Waals surface area contributed by atoms with E-state index in [1.165, 1.54) is 11.1 Å². The first-order chi connectivity index (χ1) is 14.3. The van der Waals surface area contributed by atoms with Crippen LogP contribution < -0.4 is 9.47 Å². The lowest BCUT2D eigenvalue weighted by molar-refractivity contribution is -0.191. The van der Waals surface area contributed by atoms with Gasteiger partial charge in [-0.15, -0.1) is 0 Å². The van der Waals surface area contributed by atoms with Gasteiger partial charge in [0, 0.05) is 24.5 Å². The summed E-state index contributed by atoms with van der Waals surface area (Å²) in [6, 6.07) is 4.52. The number of hydrogen-bond acceptors (Lipinski definition) is 6. The maximum atomic E-state index is 10.8. The Morgan fingerprint density at radius 1 is 1.17 bits per heavy atom. The van der Waals surface area contributed by atoms with E-state index in [2.05, 4.69) is 17.0 Å². The summed E-state index contributed by atoms with van der Waals surface area (Å²) in [7, 11) is 1.71. The molecule has 0 amide bonds. The van der Waals surface area contributed by atoms with Gasteiger partial charge in [-0.25, -0.2) is 0 Å². The van der Waals surface area contributed by atoms with E-state index in [1.807, 2.05) is 20.8 Å². The van der Waals surface area contributed by atoms with Gasteiger partial charge in [0.05, 0.1) is 38.1 Å². The summed E-state index contributed by atoms with van der Waals surface area (Å²) in [4.78, 5) is 2.46. The lowest BCUT2D eigenvalue weighted by Crippen LogP contribution is -2.56. The molecule has 0 unspecified atom stereocenters. The molecule has 0 aromatic heterocycles. The molecule has 4 aliphatic rings. The summed E-state index contributed by atoms with van der Waals surface area (Å²) >= 11 is 0. The topological polar surface area (TPSA) is 60.4 Å². The van der Waals surface area contributed by atoms with E-state index in [0.29, 0.717) is 11.8 Å². The number of piperidine rings is 1. The van der Waals surface area contributed by atoms with E-state index in [1.54, 1.807) is 7.11 Å². The van der Waals surface area contributed by atoms with Crippen molar-refractivity contribution in [3.05, 3.63) is 23.3 Å². The Hall–Kier alpha value is -1.34. The fourth-order valence-electron chi connectivity index (χ4n) is 5.61. The van der Waals surface area contributed by atoms with Crippen LogP contribution in [0.15, 0.2) is 12.1 Å². The van der Waals surface area contributed by atoms with Gasteiger partial charge in [0.1, 0.15) is 6.10 Å². The van der Waals surface area contributed by atoms with Crippen LogP contribution in [0.1, 0.15) is 57.2 Å². The third kappa shape index (κ3) is 3.72. The van der Waals surface area contributed by atoms with Gasteiger partial charge in [-0.2, -0.15) is 0 Å². The molecule has 6 nitrogen and oxygen atoms in total. The molecule has 3 atom stereocenters. The lowest BCUT2D eigenvalue weighted by Gasteiger charge is -2.52. The molecule has 1 spiro atoms. The van der Waals surface area contributed by atoms with E-state index in [9.17, 15) is 5.11 Å². The fourth-order valence-corrected chi connectivity index (χ4v) is 5.61. The molecule has 5 rings (SSSR count). The normalized spacial score (nSPS) is 30.8. The summed E-state index contributed by atoms with van der Waals surface area (Å²) in [6.07, 6.45) is 3.46. The smallest absolute Gasteiger partial charge is 0.161 e. The highest BCUT2D eigenvalue weighted by Gasteiger charge is 2.51. The summed E-state index contributed by atoms with van der Waals surface area (Å²) in [6.45, 7) is 9.64. The SMILES string of the molecule is COc1cc2c(cc1OC1CC3(COC3)C1)CCN1C[C@@H](OC(C)(C)C)[C@H](O)C[C@H]21. The molecule has 3 aliphatic heterocycles. The van der Waals surface area contributed by atoms with Crippen LogP contribution in [0.3, 0.4) is 0 Å². The standard InChI is InChI=1S/C24H35NO5/c1-23(2,3)30-22-12-25-6-5-15-7-21(29-16-10-24(11-16)13-28-14-24)20(27-4)8-17(15)18(25)9-19(22)26/h7-8,16,18-19,22,26H,5-6,9-14H2,1-4H3/t18-,19-,22-/m1/s1. The quantitative estimate of drug-likeness (QED) is 0.812. The summed E-state index contributed by atoms with van der Waals surface area (Å²) in [5.41, 5.74) is 2.70. The number of ether oxygens (including phenoxy) is 4. The molecular formula is C24H35NO5. The van der Waals surface area contributed by atoms with Crippen LogP contribution in [0, 0.1) is 5.41 Å². The largest absolute Gasteiger partial charge is 0.493 e. The van der Waals surface area contributed by atoms with Crippen LogP contribution in [0.5, 0.6) is 11.5 Å². The molecule has 3 heterocycles. The van der Waals surface area contributed by atoms with Crippen molar-refractivity contribution in [1.29, 1.82) is 0 Å². The average Bonchev–Trinajstić information content (AvgIpc) is 2.61.